The highest BCUT2D eigenvalue weighted by Crippen LogP contribution is 2.46. The van der Waals surface area contributed by atoms with Gasteiger partial charge in [-0.05, 0) is 56.0 Å². The van der Waals surface area contributed by atoms with E-state index < -0.39 is 0 Å². The molecule has 5 heteroatoms. The first-order chi connectivity index (χ1) is 12.8. The molecule has 5 nitrogen and oxygen atoms in total. The first kappa shape index (κ1) is 17.4. The molecule has 26 heavy (non-hydrogen) atoms. The Bertz CT molecular complexity index is 707. The van der Waals surface area contributed by atoms with Crippen LogP contribution in [0.15, 0.2) is 42.7 Å². The van der Waals surface area contributed by atoms with E-state index in [-0.39, 0.29) is 0 Å². The van der Waals surface area contributed by atoms with E-state index in [2.05, 4.69) is 27.0 Å². The smallest absolute Gasteiger partial charge is 0.321 e. The molecule has 2 atom stereocenters. The molecule has 1 aromatic carbocycles. The van der Waals surface area contributed by atoms with E-state index >= 15 is 0 Å². The van der Waals surface area contributed by atoms with Crippen LogP contribution >= 0.6 is 0 Å². The summed E-state index contributed by atoms with van der Waals surface area (Å²) in [6.07, 6.45) is 10.2. The molecule has 0 amide bonds. The molecule has 1 aromatic heterocycles. The molecular weight excluding hydrogens is 326 g/mol. The number of benzene rings is 1. The zero-order valence-electron chi connectivity index (χ0n) is 15.4. The van der Waals surface area contributed by atoms with Crippen molar-refractivity contribution in [1.29, 1.82) is 0 Å². The zero-order valence-corrected chi connectivity index (χ0v) is 15.4. The van der Waals surface area contributed by atoms with Crippen LogP contribution in [0.1, 0.15) is 37.7 Å². The lowest BCUT2D eigenvalue weighted by atomic mass is 9.76. The lowest BCUT2D eigenvalue weighted by molar-refractivity contribution is -0.0366. The number of rotatable bonds is 5. The van der Waals surface area contributed by atoms with E-state index in [1.54, 1.807) is 18.5 Å². The molecule has 0 N–H and O–H groups in total. The van der Waals surface area contributed by atoms with Gasteiger partial charge < -0.3 is 9.47 Å². The summed E-state index contributed by atoms with van der Waals surface area (Å²) in [7, 11) is 1.88. The Morgan fingerprint density at radius 1 is 1.12 bits per heavy atom. The number of methoxy groups -OCH3 is 1. The van der Waals surface area contributed by atoms with Gasteiger partial charge in [0.1, 0.15) is 5.75 Å². The zero-order chi connectivity index (χ0) is 17.8. The fourth-order valence-electron chi connectivity index (χ4n) is 4.70. The van der Waals surface area contributed by atoms with Crippen molar-refractivity contribution < 1.29 is 9.47 Å². The molecule has 0 bridgehead atoms. The second-order valence-corrected chi connectivity index (χ2v) is 7.57. The molecular formula is C21H27N3O2. The summed E-state index contributed by atoms with van der Waals surface area (Å²) in [6.45, 7) is 3.32. The number of hydrogen-bond acceptors (Lipinski definition) is 5. The third-order valence-corrected chi connectivity index (χ3v) is 5.88. The summed E-state index contributed by atoms with van der Waals surface area (Å²) in [4.78, 5) is 10.8. The van der Waals surface area contributed by atoms with Gasteiger partial charge in [-0.1, -0.05) is 18.6 Å². The van der Waals surface area contributed by atoms with Crippen LogP contribution in [0.5, 0.6) is 11.8 Å². The Morgan fingerprint density at radius 2 is 1.88 bits per heavy atom. The van der Waals surface area contributed by atoms with Gasteiger partial charge in [-0.2, -0.15) is 0 Å². The molecule has 1 aliphatic heterocycles. The van der Waals surface area contributed by atoms with Crippen molar-refractivity contribution in [3.63, 3.8) is 0 Å². The molecule has 4 rings (SSSR count). The highest BCUT2D eigenvalue weighted by Gasteiger charge is 2.45. The van der Waals surface area contributed by atoms with Crippen molar-refractivity contribution in [2.24, 2.45) is 5.41 Å². The maximum absolute atomic E-state index is 5.82. The van der Waals surface area contributed by atoms with Crippen LogP contribution in [0, 0.1) is 5.41 Å². The average Bonchev–Trinajstić information content (AvgIpc) is 3.06. The first-order valence-electron chi connectivity index (χ1n) is 9.56. The molecule has 2 aromatic rings. The summed E-state index contributed by atoms with van der Waals surface area (Å²) >= 11 is 0. The molecule has 1 saturated heterocycles. The minimum absolute atomic E-state index is 0.376. The Kier molecular flexibility index (Phi) is 5.18. The second kappa shape index (κ2) is 7.72. The number of aromatic nitrogens is 2. The SMILES string of the molecule is CO[C@@H]1CCC[C@@]12CCCN(Cc1ccc(Oc3ncccn3)cc1)C2. The summed E-state index contributed by atoms with van der Waals surface area (Å²) in [6, 6.07) is 10.4. The van der Waals surface area contributed by atoms with Gasteiger partial charge in [0, 0.05) is 38.0 Å². The Labute approximate surface area is 155 Å². The van der Waals surface area contributed by atoms with Crippen LogP contribution in [0.25, 0.3) is 0 Å². The number of hydrogen-bond donors (Lipinski definition) is 0. The van der Waals surface area contributed by atoms with Gasteiger partial charge in [-0.15, -0.1) is 0 Å². The molecule has 2 aliphatic rings. The largest absolute Gasteiger partial charge is 0.424 e. The van der Waals surface area contributed by atoms with Crippen LogP contribution in [0.2, 0.25) is 0 Å². The second-order valence-electron chi connectivity index (χ2n) is 7.57. The monoisotopic (exact) mass is 353 g/mol. The Balaban J connectivity index is 1.38. The summed E-state index contributed by atoms with van der Waals surface area (Å²) in [5, 5.41) is 0. The maximum Gasteiger partial charge on any atom is 0.321 e. The number of likely N-dealkylation sites (tertiary alicyclic amines) is 1. The first-order valence-corrected chi connectivity index (χ1v) is 9.56. The van der Waals surface area contributed by atoms with Crippen molar-refractivity contribution in [2.75, 3.05) is 20.2 Å². The Morgan fingerprint density at radius 3 is 2.65 bits per heavy atom. The van der Waals surface area contributed by atoms with Gasteiger partial charge in [0.05, 0.1) is 6.10 Å². The highest BCUT2D eigenvalue weighted by molar-refractivity contribution is 5.29. The van der Waals surface area contributed by atoms with Gasteiger partial charge in [0.15, 0.2) is 0 Å². The van der Waals surface area contributed by atoms with Gasteiger partial charge in [0.2, 0.25) is 0 Å². The van der Waals surface area contributed by atoms with E-state index in [1.165, 1.54) is 44.2 Å². The van der Waals surface area contributed by atoms with E-state index in [9.17, 15) is 0 Å². The van der Waals surface area contributed by atoms with Crippen molar-refractivity contribution in [3.05, 3.63) is 48.3 Å². The lowest BCUT2D eigenvalue weighted by Crippen LogP contribution is -2.47. The van der Waals surface area contributed by atoms with Crippen LogP contribution in [-0.2, 0) is 11.3 Å². The predicted molar refractivity (Wildman–Crippen MR) is 100 cm³/mol. The number of nitrogens with zero attached hydrogens (tertiary/aromatic N) is 3. The van der Waals surface area contributed by atoms with Crippen LogP contribution in [0.4, 0.5) is 0 Å². The van der Waals surface area contributed by atoms with Crippen molar-refractivity contribution >= 4 is 0 Å². The fraction of sp³-hybridized carbons (Fsp3) is 0.524. The summed E-state index contributed by atoms with van der Waals surface area (Å²) in [5.74, 6) is 0.769. The fourth-order valence-corrected chi connectivity index (χ4v) is 4.70. The normalized spacial score (nSPS) is 26.3. The molecule has 0 unspecified atom stereocenters. The predicted octanol–water partition coefficient (Wildman–Crippen LogP) is 4.05. The standard InChI is InChI=1S/C21H27N3O2/c1-25-19-5-2-10-21(19)11-3-14-24(16-21)15-17-6-8-18(9-7-17)26-20-22-12-4-13-23-20/h4,6-9,12-13,19H,2-3,5,10-11,14-16H2,1H3/t19-,21+/m1/s1. The molecule has 138 valence electrons. The van der Waals surface area contributed by atoms with Gasteiger partial charge in [-0.3, -0.25) is 4.90 Å². The minimum atomic E-state index is 0.376. The van der Waals surface area contributed by atoms with E-state index in [1.807, 2.05) is 19.2 Å². The molecule has 2 fully saturated rings. The number of piperidine rings is 1. The molecule has 1 aliphatic carbocycles. The highest BCUT2D eigenvalue weighted by atomic mass is 16.5. The minimum Gasteiger partial charge on any atom is -0.424 e. The van der Waals surface area contributed by atoms with Crippen LogP contribution < -0.4 is 4.74 Å². The quantitative estimate of drug-likeness (QED) is 0.811. The Hall–Kier alpha value is -1.98. The molecule has 1 spiro atoms. The maximum atomic E-state index is 5.82. The van der Waals surface area contributed by atoms with Crippen molar-refractivity contribution in [2.45, 2.75) is 44.8 Å². The molecule has 1 saturated carbocycles. The van der Waals surface area contributed by atoms with E-state index in [0.29, 0.717) is 17.5 Å². The number of ether oxygens (including phenoxy) is 2. The lowest BCUT2D eigenvalue weighted by Gasteiger charge is -2.43. The van der Waals surface area contributed by atoms with Crippen molar-refractivity contribution in [3.8, 4) is 11.8 Å². The summed E-state index contributed by atoms with van der Waals surface area (Å²) in [5.41, 5.74) is 1.69. The van der Waals surface area contributed by atoms with Crippen LogP contribution in [-0.4, -0.2) is 41.2 Å². The summed E-state index contributed by atoms with van der Waals surface area (Å²) < 4.78 is 11.5. The van der Waals surface area contributed by atoms with Gasteiger partial charge in [-0.25, -0.2) is 9.97 Å². The van der Waals surface area contributed by atoms with E-state index in [0.717, 1.165) is 18.8 Å². The van der Waals surface area contributed by atoms with E-state index in [4.69, 9.17) is 9.47 Å². The molecule has 0 radical (unpaired) electrons. The van der Waals surface area contributed by atoms with Crippen molar-refractivity contribution in [1.82, 2.24) is 14.9 Å². The van der Waals surface area contributed by atoms with Gasteiger partial charge in [0.25, 0.3) is 0 Å². The van der Waals surface area contributed by atoms with Gasteiger partial charge >= 0.3 is 6.01 Å². The van der Waals surface area contributed by atoms with Crippen LogP contribution in [0.3, 0.4) is 0 Å². The topological polar surface area (TPSA) is 47.5 Å². The third-order valence-electron chi connectivity index (χ3n) is 5.88. The molecule has 2 heterocycles. The third kappa shape index (κ3) is 3.74. The average molecular weight is 353 g/mol.